The van der Waals surface area contributed by atoms with Gasteiger partial charge in [-0.1, -0.05) is 64.7 Å². The van der Waals surface area contributed by atoms with Crippen molar-refractivity contribution >= 4 is 69.4 Å². The maximum atomic E-state index is 11.9. The van der Waals surface area contributed by atoms with E-state index >= 15 is 0 Å². The third-order valence-corrected chi connectivity index (χ3v) is 7.71. The zero-order valence-corrected chi connectivity index (χ0v) is 18.2. The summed E-state index contributed by atoms with van der Waals surface area (Å²) in [6.45, 7) is 1.87. The summed E-state index contributed by atoms with van der Waals surface area (Å²) in [6.07, 6.45) is 0. The molecule has 0 radical (unpaired) electrons. The molecule has 1 aromatic carbocycles. The van der Waals surface area contributed by atoms with Gasteiger partial charge in [0.15, 0.2) is 8.68 Å². The molecule has 0 aliphatic rings. The lowest BCUT2D eigenvalue weighted by atomic mass is 10.2. The molecule has 140 valence electrons. The Morgan fingerprint density at radius 3 is 2.63 bits per heavy atom. The van der Waals surface area contributed by atoms with E-state index in [2.05, 4.69) is 20.7 Å². The molecule has 0 unspecified atom stereocenters. The van der Waals surface area contributed by atoms with Crippen LogP contribution in [0.15, 0.2) is 55.6 Å². The van der Waals surface area contributed by atoms with Crippen LogP contribution >= 0.6 is 57.8 Å². The summed E-state index contributed by atoms with van der Waals surface area (Å²) in [6, 6.07) is 11.7. The smallest absolute Gasteiger partial charge is 0.250 e. The van der Waals surface area contributed by atoms with Crippen molar-refractivity contribution < 1.29 is 4.79 Å². The van der Waals surface area contributed by atoms with Crippen LogP contribution in [0.5, 0.6) is 0 Å². The number of aromatic nitrogens is 2. The zero-order chi connectivity index (χ0) is 19.1. The van der Waals surface area contributed by atoms with Gasteiger partial charge in [-0.2, -0.15) is 5.10 Å². The van der Waals surface area contributed by atoms with E-state index in [1.165, 1.54) is 28.7 Å². The Morgan fingerprint density at radius 2 is 1.93 bits per heavy atom. The molecule has 0 aliphatic heterocycles. The van der Waals surface area contributed by atoms with Gasteiger partial charge < -0.3 is 0 Å². The normalized spacial score (nSPS) is 11.6. The third-order valence-electron chi connectivity index (χ3n) is 3.22. The fraction of sp³-hybridized carbons (Fsp3) is 0.176. The number of hydrogen-bond donors (Lipinski definition) is 1. The van der Waals surface area contributed by atoms with Crippen molar-refractivity contribution in [3.63, 3.8) is 0 Å². The molecule has 0 bridgehead atoms. The van der Waals surface area contributed by atoms with Crippen LogP contribution in [0.25, 0.3) is 0 Å². The van der Waals surface area contributed by atoms with Crippen molar-refractivity contribution in [3.8, 4) is 0 Å². The lowest BCUT2D eigenvalue weighted by Gasteiger charge is -2.00. The number of nitrogens with zero attached hydrogens (tertiary/aromatic N) is 3. The Bertz CT molecular complexity index is 909. The second kappa shape index (κ2) is 10.2. The van der Waals surface area contributed by atoms with Gasteiger partial charge in [-0.05, 0) is 36.1 Å². The van der Waals surface area contributed by atoms with Crippen molar-refractivity contribution in [3.05, 3.63) is 57.2 Å². The lowest BCUT2D eigenvalue weighted by molar-refractivity contribution is -0.118. The van der Waals surface area contributed by atoms with Gasteiger partial charge in [0.05, 0.1) is 11.5 Å². The van der Waals surface area contributed by atoms with Gasteiger partial charge >= 0.3 is 0 Å². The molecule has 10 heteroatoms. The van der Waals surface area contributed by atoms with Crippen molar-refractivity contribution in [2.75, 3.05) is 5.75 Å². The molecule has 2 aromatic heterocycles. The largest absolute Gasteiger partial charge is 0.272 e. The van der Waals surface area contributed by atoms with E-state index in [1.807, 2.05) is 48.7 Å². The summed E-state index contributed by atoms with van der Waals surface area (Å²) in [5.41, 5.74) is 4.54. The SMILES string of the molecule is C/C(=N/NC(=O)CSc1nnc(SCc2ccc(Cl)cc2)s1)c1cccs1. The topological polar surface area (TPSA) is 67.2 Å². The standard InChI is InChI=1S/C17H15ClN4OS4/c1-11(14-3-2-8-24-14)19-20-15(23)10-26-17-22-21-16(27-17)25-9-12-4-6-13(18)7-5-12/h2-8H,9-10H2,1H3,(H,20,23)/b19-11-. The van der Waals surface area contributed by atoms with Crippen LogP contribution in [-0.2, 0) is 10.5 Å². The Morgan fingerprint density at radius 1 is 1.19 bits per heavy atom. The minimum Gasteiger partial charge on any atom is -0.272 e. The predicted molar refractivity (Wildman–Crippen MR) is 116 cm³/mol. The average molecular weight is 455 g/mol. The first kappa shape index (κ1) is 20.3. The minimum absolute atomic E-state index is 0.165. The molecule has 0 spiro atoms. The van der Waals surface area contributed by atoms with E-state index in [1.54, 1.807) is 23.1 Å². The molecule has 27 heavy (non-hydrogen) atoms. The maximum absolute atomic E-state index is 11.9. The average Bonchev–Trinajstić information content (AvgIpc) is 3.36. The number of hydrazone groups is 1. The van der Waals surface area contributed by atoms with Gasteiger partial charge in [0.2, 0.25) is 0 Å². The highest BCUT2D eigenvalue weighted by Gasteiger charge is 2.09. The van der Waals surface area contributed by atoms with Gasteiger partial charge in [0, 0.05) is 15.7 Å². The van der Waals surface area contributed by atoms with Crippen LogP contribution in [0.3, 0.4) is 0 Å². The number of carbonyl (C=O) groups excluding carboxylic acids is 1. The Hall–Kier alpha value is -1.39. The highest BCUT2D eigenvalue weighted by molar-refractivity contribution is 8.03. The molecule has 0 saturated heterocycles. The van der Waals surface area contributed by atoms with E-state index in [0.717, 1.165) is 30.0 Å². The van der Waals surface area contributed by atoms with Gasteiger partial charge in [0.25, 0.3) is 5.91 Å². The number of nitrogens with one attached hydrogen (secondary N) is 1. The highest BCUT2D eigenvalue weighted by atomic mass is 35.5. The molecule has 1 amide bonds. The quantitative estimate of drug-likeness (QED) is 0.288. The molecule has 1 N–H and O–H groups in total. The molecule has 5 nitrogen and oxygen atoms in total. The number of rotatable bonds is 8. The first-order valence-corrected chi connectivity index (χ1v) is 11.9. The summed E-state index contributed by atoms with van der Waals surface area (Å²) >= 11 is 11.9. The Kier molecular flexibility index (Phi) is 7.71. The predicted octanol–water partition coefficient (Wildman–Crippen LogP) is 5.18. The summed E-state index contributed by atoms with van der Waals surface area (Å²) in [7, 11) is 0. The summed E-state index contributed by atoms with van der Waals surface area (Å²) in [4.78, 5) is 13.0. The number of hydrogen-bond acceptors (Lipinski definition) is 8. The number of thioether (sulfide) groups is 2. The fourth-order valence-corrected chi connectivity index (χ4v) is 5.46. The number of halogens is 1. The number of benzene rings is 1. The molecule has 0 fully saturated rings. The monoisotopic (exact) mass is 454 g/mol. The van der Waals surface area contributed by atoms with Crippen molar-refractivity contribution in [1.29, 1.82) is 0 Å². The number of carbonyl (C=O) groups is 1. The highest BCUT2D eigenvalue weighted by Crippen LogP contribution is 2.30. The van der Waals surface area contributed by atoms with E-state index in [4.69, 9.17) is 11.6 Å². The van der Waals surface area contributed by atoms with Crippen molar-refractivity contribution in [2.24, 2.45) is 5.10 Å². The molecule has 0 saturated carbocycles. The molecule has 3 rings (SSSR count). The Labute approximate surface area is 178 Å². The van der Waals surface area contributed by atoms with Crippen LogP contribution in [0.1, 0.15) is 17.4 Å². The van der Waals surface area contributed by atoms with Gasteiger partial charge in [-0.15, -0.1) is 21.5 Å². The summed E-state index contributed by atoms with van der Waals surface area (Å²) in [5, 5.41) is 15.1. The van der Waals surface area contributed by atoms with Gasteiger partial charge in [0.1, 0.15) is 0 Å². The van der Waals surface area contributed by atoms with Gasteiger partial charge in [-0.3, -0.25) is 4.79 Å². The molecule has 0 atom stereocenters. The Balaban J connectivity index is 1.43. The van der Waals surface area contributed by atoms with E-state index < -0.39 is 0 Å². The van der Waals surface area contributed by atoms with Crippen LogP contribution in [-0.4, -0.2) is 27.6 Å². The number of amides is 1. The molecule has 3 aromatic rings. The fourth-order valence-electron chi connectivity index (χ4n) is 1.88. The van der Waals surface area contributed by atoms with Gasteiger partial charge in [-0.25, -0.2) is 5.43 Å². The van der Waals surface area contributed by atoms with E-state index in [9.17, 15) is 4.79 Å². The third kappa shape index (κ3) is 6.62. The minimum atomic E-state index is -0.165. The summed E-state index contributed by atoms with van der Waals surface area (Å²) < 4.78 is 1.64. The second-order valence-corrected chi connectivity index (χ2v) is 10.1. The second-order valence-electron chi connectivity index (χ2n) is 5.25. The van der Waals surface area contributed by atoms with Crippen molar-refractivity contribution in [2.45, 2.75) is 21.4 Å². The maximum Gasteiger partial charge on any atom is 0.250 e. The first-order chi connectivity index (χ1) is 13.1. The lowest BCUT2D eigenvalue weighted by Crippen LogP contribution is -2.20. The first-order valence-electron chi connectivity index (χ1n) is 7.81. The summed E-state index contributed by atoms with van der Waals surface area (Å²) in [5.74, 6) is 0.882. The van der Waals surface area contributed by atoms with Crippen LogP contribution < -0.4 is 5.43 Å². The van der Waals surface area contributed by atoms with Crippen LogP contribution in [0, 0.1) is 0 Å². The molecular weight excluding hydrogens is 440 g/mol. The zero-order valence-electron chi connectivity index (χ0n) is 14.2. The molecule has 0 aliphatic carbocycles. The molecular formula is C17H15ClN4OS4. The van der Waals surface area contributed by atoms with E-state index in [-0.39, 0.29) is 11.7 Å². The van der Waals surface area contributed by atoms with Crippen molar-refractivity contribution in [1.82, 2.24) is 15.6 Å². The number of thiophene rings is 1. The van der Waals surface area contributed by atoms with Crippen LogP contribution in [0.4, 0.5) is 0 Å². The van der Waals surface area contributed by atoms with E-state index in [0.29, 0.717) is 0 Å². The van der Waals surface area contributed by atoms with Crippen LogP contribution in [0.2, 0.25) is 5.02 Å². The molecule has 2 heterocycles.